The highest BCUT2D eigenvalue weighted by Gasteiger charge is 2.33. The fourth-order valence-electron chi connectivity index (χ4n) is 2.52. The second kappa shape index (κ2) is 9.56. The Kier molecular flexibility index (Phi) is 5.66. The molecule has 0 saturated carbocycles. The molecule has 0 radical (unpaired) electrons. The molecule has 0 aliphatic carbocycles. The summed E-state index contributed by atoms with van der Waals surface area (Å²) in [5.74, 6) is -0.377. The molecule has 0 aliphatic rings. The van der Waals surface area contributed by atoms with Crippen LogP contribution in [0.1, 0.15) is 20.2 Å². The smallest absolute Gasteiger partial charge is 0.417 e. The molecule has 0 unspecified atom stereocenters. The average Bonchev–Trinajstić information content (AvgIpc) is 2.75. The first-order valence-corrected chi connectivity index (χ1v) is 9.19. The Hall–Kier alpha value is -3.79. The number of carbonyl (C=O) groups is 2. The van der Waals surface area contributed by atoms with Gasteiger partial charge in [-0.15, -0.1) is 0 Å². The van der Waals surface area contributed by atoms with E-state index in [4.69, 9.17) is 20.5 Å². The van der Waals surface area contributed by atoms with Gasteiger partial charge in [0.2, 0.25) is 0 Å². The quantitative estimate of drug-likeness (QED) is 0.428. The predicted octanol–water partition coefficient (Wildman–Crippen LogP) is 5.55. The molecular weight excluding hydrogens is 450 g/mol. The molecule has 7 nitrogen and oxygen atoms in total. The van der Waals surface area contributed by atoms with Gasteiger partial charge in [-0.2, -0.15) is 13.2 Å². The Morgan fingerprint density at radius 3 is 2.38 bits per heavy atom. The topological polar surface area (TPSA) is 92.4 Å². The number of hydrogen-bond donors (Lipinski definition) is 3. The summed E-state index contributed by atoms with van der Waals surface area (Å²) in [5.41, 5.74) is -1.03. The maximum atomic E-state index is 13.0. The summed E-state index contributed by atoms with van der Waals surface area (Å²) in [4.78, 5) is 27.9. The van der Waals surface area contributed by atoms with Crippen molar-refractivity contribution in [1.29, 1.82) is 0 Å². The number of nitrogens with zero attached hydrogens (tertiary/aromatic N) is 1. The third-order valence-electron chi connectivity index (χ3n) is 3.96. The van der Waals surface area contributed by atoms with Crippen LogP contribution in [-0.4, -0.2) is 23.9 Å². The van der Waals surface area contributed by atoms with Crippen LogP contribution in [0.2, 0.25) is 5.02 Å². The molecule has 1 heterocycles. The van der Waals surface area contributed by atoms with Gasteiger partial charge in [0.25, 0.3) is 5.91 Å². The number of anilines is 2. The van der Waals surface area contributed by atoms with Gasteiger partial charge in [0, 0.05) is 34.7 Å². The van der Waals surface area contributed by atoms with Crippen LogP contribution in [0.5, 0.6) is 11.5 Å². The van der Waals surface area contributed by atoms with Crippen molar-refractivity contribution in [3.63, 3.8) is 0 Å². The maximum Gasteiger partial charge on any atom is 0.417 e. The molecule has 32 heavy (non-hydrogen) atoms. The fraction of sp³-hybridized carbons (Fsp3) is 0.0952. The lowest BCUT2D eigenvalue weighted by Gasteiger charge is -2.12. The van der Waals surface area contributed by atoms with E-state index in [1.165, 1.54) is 48.7 Å². The molecule has 3 N–H and O–H groups in total. The number of ether oxygens (including phenoxy) is 1. The normalized spacial score (nSPS) is 12.7. The zero-order valence-corrected chi connectivity index (χ0v) is 16.7. The Morgan fingerprint density at radius 2 is 1.69 bits per heavy atom. The predicted molar refractivity (Wildman–Crippen MR) is 113 cm³/mol. The Morgan fingerprint density at radius 1 is 1.00 bits per heavy atom. The first-order valence-electron chi connectivity index (χ1n) is 10.3. The number of halogens is 4. The number of hydrogen-bond acceptors (Lipinski definition) is 4. The molecule has 0 fully saturated rings. The third kappa shape index (κ3) is 5.88. The van der Waals surface area contributed by atoms with Crippen LogP contribution in [0.25, 0.3) is 0 Å². The minimum Gasteiger partial charge on any atom is -0.457 e. The van der Waals surface area contributed by atoms with E-state index in [1.807, 2.05) is 5.32 Å². The molecule has 1 aromatic heterocycles. The molecule has 3 rings (SSSR count). The minimum atomic E-state index is -4.67. The molecule has 2 aromatic carbocycles. The summed E-state index contributed by atoms with van der Waals surface area (Å²) in [5, 5.41) is 6.09. The average molecular weight is 469 g/mol. The van der Waals surface area contributed by atoms with E-state index in [0.717, 1.165) is 12.1 Å². The van der Waals surface area contributed by atoms with Crippen LogP contribution >= 0.6 is 11.6 Å². The number of urea groups is 1. The summed E-state index contributed by atoms with van der Waals surface area (Å²) in [6.07, 6.45) is -3.40. The van der Waals surface area contributed by atoms with Gasteiger partial charge in [-0.1, -0.05) is 11.6 Å². The van der Waals surface area contributed by atoms with Crippen molar-refractivity contribution in [1.82, 2.24) is 10.3 Å². The summed E-state index contributed by atoms with van der Waals surface area (Å²) >= 11 is 5.56. The first kappa shape index (κ1) is 18.9. The molecule has 0 saturated heterocycles. The number of benzene rings is 2. The van der Waals surface area contributed by atoms with Gasteiger partial charge in [0.05, 0.1) is 10.6 Å². The molecule has 3 aromatic rings. The van der Waals surface area contributed by atoms with Crippen LogP contribution < -0.4 is 20.7 Å². The van der Waals surface area contributed by atoms with E-state index in [-0.39, 0.29) is 17.1 Å². The number of aromatic nitrogens is 1. The third-order valence-corrected chi connectivity index (χ3v) is 4.28. The Balaban J connectivity index is 1.61. The van der Waals surface area contributed by atoms with Crippen LogP contribution in [0.4, 0.5) is 29.3 Å². The summed E-state index contributed by atoms with van der Waals surface area (Å²) in [6, 6.07) is 10.8. The van der Waals surface area contributed by atoms with Gasteiger partial charge >= 0.3 is 12.2 Å². The monoisotopic (exact) mass is 468 g/mol. The van der Waals surface area contributed by atoms with Crippen molar-refractivity contribution < 1.29 is 31.6 Å². The molecule has 3 amide bonds. The fourth-order valence-corrected chi connectivity index (χ4v) is 2.74. The van der Waals surface area contributed by atoms with Gasteiger partial charge in [-0.05, 0) is 48.5 Å². The number of alkyl halides is 3. The zero-order valence-electron chi connectivity index (χ0n) is 19.0. The summed E-state index contributed by atoms with van der Waals surface area (Å²) in [7, 11) is 0. The molecule has 0 aliphatic heterocycles. The lowest BCUT2D eigenvalue weighted by atomic mass is 10.2. The standard InChI is InChI=1S/C21H16ClF3N4O3/c1-26-19(30)18-11-15(8-9-27-18)32-14-5-2-12(3-6-14)28-20(31)29-13-4-7-17(22)16(10-13)21(23,24)25/h2-11H,1H3,(H,26,30)(H2,28,29,31)/i1D3,26+1. The first-order chi connectivity index (χ1) is 16.3. The lowest BCUT2D eigenvalue weighted by Crippen LogP contribution is -2.19. The van der Waals surface area contributed by atoms with E-state index in [0.29, 0.717) is 11.4 Å². The van der Waals surface area contributed by atoms with Crippen LogP contribution in [0.15, 0.2) is 60.8 Å². The van der Waals surface area contributed by atoms with E-state index in [1.54, 1.807) is 0 Å². The van der Waals surface area contributed by atoms with Crippen LogP contribution in [-0.2, 0) is 6.18 Å². The van der Waals surface area contributed by atoms with Crippen molar-refractivity contribution in [3.8, 4) is 11.5 Å². The number of pyridine rings is 1. The zero-order chi connectivity index (χ0) is 25.8. The van der Waals surface area contributed by atoms with Crippen LogP contribution in [0, 0.1) is 0 Å². The van der Waals surface area contributed by atoms with Gasteiger partial charge in [-0.25, -0.2) is 4.79 Å². The SMILES string of the molecule is [2H]C([2H])([2H])[15NH]C(=O)c1cc(Oc2ccc(NC(=O)Nc3ccc(Cl)c(C(F)(F)F)c3)cc2)ccn1. The molecule has 11 heteroatoms. The van der Waals surface area contributed by atoms with E-state index >= 15 is 0 Å². The van der Waals surface area contributed by atoms with Crippen molar-refractivity contribution in [2.24, 2.45) is 0 Å². The van der Waals surface area contributed by atoms with Gasteiger partial charge < -0.3 is 20.7 Å². The number of carbonyl (C=O) groups excluding carboxylic acids is 2. The molecular formula is C21H16ClF3N4O3. The highest BCUT2D eigenvalue weighted by atomic mass is 35.5. The van der Waals surface area contributed by atoms with Crippen molar-refractivity contribution >= 4 is 34.9 Å². The highest BCUT2D eigenvalue weighted by molar-refractivity contribution is 6.31. The van der Waals surface area contributed by atoms with Crippen molar-refractivity contribution in [2.75, 3.05) is 17.6 Å². The lowest BCUT2D eigenvalue weighted by molar-refractivity contribution is -0.137. The molecule has 0 bridgehead atoms. The summed E-state index contributed by atoms with van der Waals surface area (Å²) in [6.45, 7) is -2.67. The number of amides is 3. The second-order valence-electron chi connectivity index (χ2n) is 6.23. The molecule has 166 valence electrons. The summed E-state index contributed by atoms with van der Waals surface area (Å²) < 4.78 is 65.7. The second-order valence-corrected chi connectivity index (χ2v) is 6.64. The van der Waals surface area contributed by atoms with Crippen molar-refractivity contribution in [3.05, 3.63) is 77.1 Å². The maximum absolute atomic E-state index is 13.0. The Bertz CT molecular complexity index is 1240. The van der Waals surface area contributed by atoms with E-state index in [2.05, 4.69) is 15.6 Å². The number of rotatable bonds is 5. The minimum absolute atomic E-state index is 0.102. The van der Waals surface area contributed by atoms with Crippen molar-refractivity contribution in [2.45, 2.75) is 6.18 Å². The van der Waals surface area contributed by atoms with Crippen LogP contribution in [0.3, 0.4) is 0 Å². The number of nitrogens with one attached hydrogen (secondary N) is 3. The largest absolute Gasteiger partial charge is 0.457 e. The molecule has 0 spiro atoms. The van der Waals surface area contributed by atoms with E-state index < -0.39 is 35.7 Å². The van der Waals surface area contributed by atoms with Gasteiger partial charge in [0.1, 0.15) is 17.2 Å². The Labute approximate surface area is 189 Å². The van der Waals surface area contributed by atoms with Gasteiger partial charge in [-0.3, -0.25) is 9.78 Å². The van der Waals surface area contributed by atoms with Gasteiger partial charge in [0.15, 0.2) is 0 Å². The van der Waals surface area contributed by atoms with E-state index in [9.17, 15) is 22.8 Å². The molecule has 0 atom stereocenters. The highest BCUT2D eigenvalue weighted by Crippen LogP contribution is 2.36.